The van der Waals surface area contributed by atoms with Gasteiger partial charge in [-0.25, -0.2) is 4.79 Å². The maximum absolute atomic E-state index is 10.8. The summed E-state index contributed by atoms with van der Waals surface area (Å²) < 4.78 is 4.46. The van der Waals surface area contributed by atoms with Gasteiger partial charge in [-0.3, -0.25) is 0 Å². The lowest BCUT2D eigenvalue weighted by molar-refractivity contribution is -0.134. The molecule has 0 aromatic rings. The largest absolute Gasteiger partial charge is 0.466 e. The molecule has 1 atom stereocenters. The number of hydrogen-bond donors (Lipinski definition) is 1. The number of carbonyl (C=O) groups is 1. The zero-order valence-corrected chi connectivity index (χ0v) is 9.60. The number of nitrogens with zero attached hydrogens (tertiary/aromatic N) is 1. The van der Waals surface area contributed by atoms with Gasteiger partial charge in [0.2, 0.25) is 0 Å². The quantitative estimate of drug-likeness (QED) is 0.338. The first-order valence-corrected chi connectivity index (χ1v) is 4.70. The van der Waals surface area contributed by atoms with Gasteiger partial charge >= 0.3 is 5.97 Å². The minimum absolute atomic E-state index is 0.417. The predicted molar refractivity (Wildman–Crippen MR) is 60.3 cm³/mol. The third kappa shape index (κ3) is 5.78. The Balaban J connectivity index is 4.47. The van der Waals surface area contributed by atoms with E-state index in [1.807, 2.05) is 0 Å². The number of esters is 1. The summed E-state index contributed by atoms with van der Waals surface area (Å²) in [5, 5.41) is 17.6. The Labute approximate surface area is 95.1 Å². The van der Waals surface area contributed by atoms with E-state index in [1.165, 1.54) is 13.2 Å². The Kier molecular flexibility index (Phi) is 6.57. The number of rotatable bonds is 4. The van der Waals surface area contributed by atoms with Crippen LogP contribution < -0.4 is 0 Å². The molecule has 0 spiro atoms. The fourth-order valence-electron chi connectivity index (χ4n) is 0.838. The van der Waals surface area contributed by atoms with Gasteiger partial charge in [0.1, 0.15) is 0 Å². The van der Waals surface area contributed by atoms with E-state index in [2.05, 4.69) is 4.74 Å². The minimum Gasteiger partial charge on any atom is -0.466 e. The summed E-state index contributed by atoms with van der Waals surface area (Å²) in [6.45, 7) is 3.40. The highest BCUT2D eigenvalue weighted by Gasteiger charge is 2.00. The maximum Gasteiger partial charge on any atom is 0.330 e. The van der Waals surface area contributed by atoms with E-state index >= 15 is 0 Å². The first-order valence-electron chi connectivity index (χ1n) is 4.70. The van der Waals surface area contributed by atoms with Crippen molar-refractivity contribution in [2.24, 2.45) is 0 Å². The molecule has 16 heavy (non-hydrogen) atoms. The third-order valence-corrected chi connectivity index (χ3v) is 1.82. The molecule has 0 heterocycles. The van der Waals surface area contributed by atoms with Gasteiger partial charge in [0.05, 0.1) is 13.2 Å². The van der Waals surface area contributed by atoms with Crippen molar-refractivity contribution < 1.29 is 14.6 Å². The Morgan fingerprint density at radius 3 is 2.62 bits per heavy atom. The second-order valence-electron chi connectivity index (χ2n) is 3.21. The number of methoxy groups -OCH3 is 1. The van der Waals surface area contributed by atoms with Crippen LogP contribution in [0.1, 0.15) is 13.8 Å². The highest BCUT2D eigenvalue weighted by atomic mass is 16.5. The lowest BCUT2D eigenvalue weighted by Crippen LogP contribution is -2.02. The first kappa shape index (κ1) is 14.1. The molecule has 86 valence electrons. The highest BCUT2D eigenvalue weighted by molar-refractivity contribution is 5.83. The van der Waals surface area contributed by atoms with E-state index in [1.54, 1.807) is 38.1 Å². The van der Waals surface area contributed by atoms with Gasteiger partial charge in [-0.05, 0) is 25.0 Å². The lowest BCUT2D eigenvalue weighted by Gasteiger charge is -1.98. The Morgan fingerprint density at radius 1 is 1.50 bits per heavy atom. The van der Waals surface area contributed by atoms with Crippen molar-refractivity contribution in [3.05, 3.63) is 35.5 Å². The Hall–Kier alpha value is -1.86. The molecule has 0 radical (unpaired) electrons. The van der Waals surface area contributed by atoms with Crippen molar-refractivity contribution in [1.82, 2.24) is 0 Å². The topological polar surface area (TPSA) is 70.3 Å². The van der Waals surface area contributed by atoms with Crippen molar-refractivity contribution in [1.29, 1.82) is 5.26 Å². The van der Waals surface area contributed by atoms with Crippen molar-refractivity contribution in [3.8, 4) is 6.07 Å². The molecule has 0 bridgehead atoms. The molecule has 0 amide bonds. The molecule has 0 aromatic heterocycles. The van der Waals surface area contributed by atoms with Gasteiger partial charge in [0.15, 0.2) is 6.10 Å². The van der Waals surface area contributed by atoms with Gasteiger partial charge in [0.25, 0.3) is 0 Å². The molecule has 0 aliphatic heterocycles. The van der Waals surface area contributed by atoms with E-state index in [0.29, 0.717) is 5.57 Å². The predicted octanol–water partition coefficient (Wildman–Crippen LogP) is 1.49. The summed E-state index contributed by atoms with van der Waals surface area (Å²) in [5.74, 6) is -0.417. The number of allylic oxidation sites excluding steroid dienone is 4. The smallest absolute Gasteiger partial charge is 0.330 e. The average molecular weight is 221 g/mol. The zero-order chi connectivity index (χ0) is 12.6. The monoisotopic (exact) mass is 221 g/mol. The molecular formula is C12H15NO3. The number of hydrogen-bond acceptors (Lipinski definition) is 4. The molecule has 0 aliphatic carbocycles. The van der Waals surface area contributed by atoms with Crippen LogP contribution in [0.25, 0.3) is 0 Å². The third-order valence-electron chi connectivity index (χ3n) is 1.82. The fourth-order valence-corrected chi connectivity index (χ4v) is 0.838. The first-order chi connectivity index (χ1) is 7.51. The van der Waals surface area contributed by atoms with Gasteiger partial charge in [-0.1, -0.05) is 18.2 Å². The van der Waals surface area contributed by atoms with Crippen molar-refractivity contribution >= 4 is 5.97 Å². The van der Waals surface area contributed by atoms with Crippen molar-refractivity contribution in [3.63, 3.8) is 0 Å². The summed E-state index contributed by atoms with van der Waals surface area (Å²) in [7, 11) is 1.31. The second-order valence-corrected chi connectivity index (χ2v) is 3.21. The molecule has 0 aromatic carbocycles. The standard InChI is InChI=1S/C12H15NO3/c1-9(7-12(15)16-3)5-4-6-10(2)11(14)8-13/h4-7,11,14H,1-3H3/b5-4+,9-7+,10-6+. The number of ether oxygens (including phenoxy) is 1. The van der Waals surface area contributed by atoms with Crippen LogP contribution in [0, 0.1) is 11.3 Å². The molecule has 0 saturated carbocycles. The van der Waals surface area contributed by atoms with E-state index in [9.17, 15) is 4.79 Å². The van der Waals surface area contributed by atoms with E-state index in [-0.39, 0.29) is 0 Å². The summed E-state index contributed by atoms with van der Waals surface area (Å²) in [5.41, 5.74) is 1.27. The van der Waals surface area contributed by atoms with Crippen LogP contribution in [0.3, 0.4) is 0 Å². The number of nitriles is 1. The summed E-state index contributed by atoms with van der Waals surface area (Å²) in [4.78, 5) is 10.8. The lowest BCUT2D eigenvalue weighted by atomic mass is 10.1. The molecule has 1 unspecified atom stereocenters. The second kappa shape index (κ2) is 7.43. The maximum atomic E-state index is 10.8. The van der Waals surface area contributed by atoms with Gasteiger partial charge in [-0.15, -0.1) is 0 Å². The normalized spacial score (nSPS) is 14.7. The van der Waals surface area contributed by atoms with Crippen LogP contribution >= 0.6 is 0 Å². The molecule has 4 nitrogen and oxygen atoms in total. The summed E-state index contributed by atoms with van der Waals surface area (Å²) >= 11 is 0. The molecular weight excluding hydrogens is 206 g/mol. The minimum atomic E-state index is -1.09. The molecule has 4 heteroatoms. The van der Waals surface area contributed by atoms with E-state index < -0.39 is 12.1 Å². The molecule has 1 N–H and O–H groups in total. The van der Waals surface area contributed by atoms with Crippen molar-refractivity contribution in [2.45, 2.75) is 20.0 Å². The molecule has 0 aliphatic rings. The average Bonchev–Trinajstić information content (AvgIpc) is 2.27. The van der Waals surface area contributed by atoms with Crippen LogP contribution in [0.15, 0.2) is 35.5 Å². The SMILES string of the molecule is COC(=O)/C=C(C)/C=C/C=C(\C)C(O)C#N. The molecule has 0 fully saturated rings. The Morgan fingerprint density at radius 2 is 2.12 bits per heavy atom. The number of carbonyl (C=O) groups excluding carboxylic acids is 1. The van der Waals surface area contributed by atoms with E-state index in [4.69, 9.17) is 10.4 Å². The van der Waals surface area contributed by atoms with Crippen LogP contribution in [0.4, 0.5) is 0 Å². The van der Waals surface area contributed by atoms with Gasteiger partial charge in [0, 0.05) is 6.08 Å². The van der Waals surface area contributed by atoms with Crippen LogP contribution in [0.2, 0.25) is 0 Å². The number of aliphatic hydroxyl groups is 1. The van der Waals surface area contributed by atoms with Gasteiger partial charge in [-0.2, -0.15) is 5.26 Å². The van der Waals surface area contributed by atoms with Crippen LogP contribution in [-0.4, -0.2) is 24.3 Å². The van der Waals surface area contributed by atoms with Crippen molar-refractivity contribution in [2.75, 3.05) is 7.11 Å². The van der Waals surface area contributed by atoms with Gasteiger partial charge < -0.3 is 9.84 Å². The highest BCUT2D eigenvalue weighted by Crippen LogP contribution is 2.02. The molecule has 0 saturated heterocycles. The van der Waals surface area contributed by atoms with Crippen LogP contribution in [-0.2, 0) is 9.53 Å². The van der Waals surface area contributed by atoms with Crippen LogP contribution in [0.5, 0.6) is 0 Å². The molecule has 0 rings (SSSR count). The summed E-state index contributed by atoms with van der Waals surface area (Å²) in [6, 6.07) is 1.71. The fraction of sp³-hybridized carbons (Fsp3) is 0.333. The summed E-state index contributed by atoms with van der Waals surface area (Å²) in [6.07, 6.45) is 5.22. The zero-order valence-electron chi connectivity index (χ0n) is 9.60. The van der Waals surface area contributed by atoms with E-state index in [0.717, 1.165) is 5.57 Å². The Bertz CT molecular complexity index is 372. The number of aliphatic hydroxyl groups excluding tert-OH is 1.